The van der Waals surface area contributed by atoms with E-state index in [0.29, 0.717) is 6.04 Å². The number of nitrogens with one attached hydrogen (secondary N) is 1. The number of aromatic nitrogens is 2. The zero-order valence-corrected chi connectivity index (χ0v) is 7.42. The van der Waals surface area contributed by atoms with Crippen LogP contribution in [0.5, 0.6) is 0 Å². The molecule has 0 radical (unpaired) electrons. The minimum Gasteiger partial charge on any atom is -0.392 e. The van der Waals surface area contributed by atoms with Crippen LogP contribution in [0.15, 0.2) is 12.4 Å². The Kier molecular flexibility index (Phi) is 3.08. The first-order valence-electron chi connectivity index (χ1n) is 3.75. The van der Waals surface area contributed by atoms with E-state index < -0.39 is 0 Å². The first kappa shape index (κ1) is 9.51. The van der Waals surface area contributed by atoms with Gasteiger partial charge in [-0.25, -0.2) is 0 Å². The monoisotopic (exact) mass is 189 g/mol. The van der Waals surface area contributed by atoms with Gasteiger partial charge in [-0.05, 0) is 0 Å². The van der Waals surface area contributed by atoms with Crippen LogP contribution in [-0.2, 0) is 6.61 Å². The molecule has 0 aromatic carbocycles. The maximum absolute atomic E-state index is 8.75. The van der Waals surface area contributed by atoms with E-state index in [1.54, 1.807) is 6.20 Å². The van der Waals surface area contributed by atoms with Crippen molar-refractivity contribution in [3.8, 4) is 0 Å². The van der Waals surface area contributed by atoms with E-state index in [1.165, 1.54) is 0 Å². The van der Waals surface area contributed by atoms with Crippen molar-refractivity contribution in [1.82, 2.24) is 15.1 Å². The van der Waals surface area contributed by atoms with Crippen LogP contribution in [0.1, 0.15) is 11.6 Å². The number of hydrogen-bond donors (Lipinski definition) is 2. The lowest BCUT2D eigenvalue weighted by molar-refractivity contribution is 0.280. The second-order valence-electron chi connectivity index (χ2n) is 2.80. The predicted molar refractivity (Wildman–Crippen MR) is 47.3 cm³/mol. The van der Waals surface area contributed by atoms with Crippen LogP contribution in [0.3, 0.4) is 0 Å². The molecule has 1 aromatic heterocycles. The third-order valence-electron chi connectivity index (χ3n) is 1.97. The number of aliphatic hydroxyl groups is 1. The Labute approximate surface area is 77.0 Å². The molecule has 1 aromatic rings. The van der Waals surface area contributed by atoms with Gasteiger partial charge in [0, 0.05) is 24.8 Å². The highest BCUT2D eigenvalue weighted by Crippen LogP contribution is 2.10. The van der Waals surface area contributed by atoms with Crippen molar-refractivity contribution < 1.29 is 5.11 Å². The van der Waals surface area contributed by atoms with Gasteiger partial charge in [-0.15, -0.1) is 12.4 Å². The van der Waals surface area contributed by atoms with E-state index in [4.69, 9.17) is 5.11 Å². The summed E-state index contributed by atoms with van der Waals surface area (Å²) in [5, 5.41) is 16.0. The molecule has 0 spiro atoms. The summed E-state index contributed by atoms with van der Waals surface area (Å²) in [5.41, 5.74) is 0.886. The van der Waals surface area contributed by atoms with Crippen molar-refractivity contribution in [3.63, 3.8) is 0 Å². The average Bonchev–Trinajstić information content (AvgIpc) is 2.32. The van der Waals surface area contributed by atoms with Crippen molar-refractivity contribution in [2.24, 2.45) is 0 Å². The summed E-state index contributed by atoms with van der Waals surface area (Å²) >= 11 is 0. The Balaban J connectivity index is 0.000000720. The molecule has 2 heterocycles. The minimum atomic E-state index is 0. The largest absolute Gasteiger partial charge is 0.392 e. The number of hydrogen-bond acceptors (Lipinski definition) is 3. The van der Waals surface area contributed by atoms with E-state index in [2.05, 4.69) is 10.4 Å². The van der Waals surface area contributed by atoms with E-state index in [1.807, 2.05) is 10.9 Å². The highest BCUT2D eigenvalue weighted by molar-refractivity contribution is 5.85. The molecular weight excluding hydrogens is 178 g/mol. The fraction of sp³-hybridized carbons (Fsp3) is 0.571. The summed E-state index contributed by atoms with van der Waals surface area (Å²) < 4.78 is 1.90. The standard InChI is InChI=1S/C7H11N3O.ClH/c11-5-6-1-9-10(4-6)7-2-8-3-7;/h1,4,7-8,11H,2-3,5H2;1H. The predicted octanol–water partition coefficient (Wildman–Crippen LogP) is -0.0585. The van der Waals surface area contributed by atoms with Gasteiger partial charge in [-0.3, -0.25) is 4.68 Å². The molecule has 2 rings (SSSR count). The topological polar surface area (TPSA) is 50.1 Å². The fourth-order valence-corrected chi connectivity index (χ4v) is 1.12. The lowest BCUT2D eigenvalue weighted by atomic mass is 10.2. The second-order valence-corrected chi connectivity index (χ2v) is 2.80. The normalized spacial score (nSPS) is 16.8. The molecule has 5 heteroatoms. The molecule has 0 bridgehead atoms. The molecule has 0 amide bonds. The van der Waals surface area contributed by atoms with Gasteiger partial charge in [0.15, 0.2) is 0 Å². The number of nitrogens with zero attached hydrogens (tertiary/aromatic N) is 2. The molecule has 68 valence electrons. The van der Waals surface area contributed by atoms with Crippen LogP contribution in [0.25, 0.3) is 0 Å². The zero-order chi connectivity index (χ0) is 7.68. The highest BCUT2D eigenvalue weighted by atomic mass is 35.5. The zero-order valence-electron chi connectivity index (χ0n) is 6.60. The van der Waals surface area contributed by atoms with Crippen molar-refractivity contribution >= 4 is 12.4 Å². The summed E-state index contributed by atoms with van der Waals surface area (Å²) in [4.78, 5) is 0. The average molecular weight is 190 g/mol. The van der Waals surface area contributed by atoms with Gasteiger partial charge >= 0.3 is 0 Å². The Morgan fingerprint density at radius 2 is 2.42 bits per heavy atom. The molecule has 0 atom stereocenters. The summed E-state index contributed by atoms with van der Waals surface area (Å²) in [7, 11) is 0. The van der Waals surface area contributed by atoms with E-state index in [9.17, 15) is 0 Å². The highest BCUT2D eigenvalue weighted by Gasteiger charge is 2.18. The Morgan fingerprint density at radius 1 is 1.67 bits per heavy atom. The Morgan fingerprint density at radius 3 is 2.83 bits per heavy atom. The SMILES string of the molecule is Cl.OCc1cnn(C2CNC2)c1. The second kappa shape index (κ2) is 3.89. The molecule has 4 nitrogen and oxygen atoms in total. The summed E-state index contributed by atoms with van der Waals surface area (Å²) in [6, 6.07) is 0.496. The van der Waals surface area contributed by atoms with E-state index >= 15 is 0 Å². The molecule has 0 unspecified atom stereocenters. The van der Waals surface area contributed by atoms with Crippen LogP contribution in [0.4, 0.5) is 0 Å². The lowest BCUT2D eigenvalue weighted by Gasteiger charge is -2.27. The summed E-state index contributed by atoms with van der Waals surface area (Å²) in [6.45, 7) is 2.07. The first-order valence-corrected chi connectivity index (χ1v) is 3.75. The quantitative estimate of drug-likeness (QED) is 0.686. The van der Waals surface area contributed by atoms with Gasteiger partial charge in [0.1, 0.15) is 0 Å². The van der Waals surface area contributed by atoms with Crippen LogP contribution >= 0.6 is 12.4 Å². The molecular formula is C7H12ClN3O. The van der Waals surface area contributed by atoms with Crippen LogP contribution < -0.4 is 5.32 Å². The van der Waals surface area contributed by atoms with E-state index in [-0.39, 0.29) is 19.0 Å². The minimum absolute atomic E-state index is 0. The van der Waals surface area contributed by atoms with Crippen molar-refractivity contribution in [1.29, 1.82) is 0 Å². The maximum Gasteiger partial charge on any atom is 0.0767 e. The molecule has 1 saturated heterocycles. The summed E-state index contributed by atoms with van der Waals surface area (Å²) in [5.74, 6) is 0. The first-order chi connectivity index (χ1) is 5.40. The molecule has 1 aliphatic rings. The van der Waals surface area contributed by atoms with Gasteiger partial charge in [-0.1, -0.05) is 0 Å². The van der Waals surface area contributed by atoms with Gasteiger partial charge in [-0.2, -0.15) is 5.10 Å². The summed E-state index contributed by atoms with van der Waals surface area (Å²) in [6.07, 6.45) is 3.60. The van der Waals surface area contributed by atoms with Crippen molar-refractivity contribution in [2.45, 2.75) is 12.6 Å². The molecule has 0 saturated carbocycles. The van der Waals surface area contributed by atoms with E-state index in [0.717, 1.165) is 18.7 Å². The molecule has 1 aliphatic heterocycles. The Bertz CT molecular complexity index is 247. The third-order valence-corrected chi connectivity index (χ3v) is 1.97. The maximum atomic E-state index is 8.75. The number of aliphatic hydroxyl groups excluding tert-OH is 1. The van der Waals surface area contributed by atoms with Crippen LogP contribution in [0.2, 0.25) is 0 Å². The number of halogens is 1. The van der Waals surface area contributed by atoms with Crippen molar-refractivity contribution in [3.05, 3.63) is 18.0 Å². The number of rotatable bonds is 2. The fourth-order valence-electron chi connectivity index (χ4n) is 1.12. The smallest absolute Gasteiger partial charge is 0.0767 e. The molecule has 12 heavy (non-hydrogen) atoms. The van der Waals surface area contributed by atoms with Crippen molar-refractivity contribution in [2.75, 3.05) is 13.1 Å². The lowest BCUT2D eigenvalue weighted by Crippen LogP contribution is -2.43. The molecule has 2 N–H and O–H groups in total. The van der Waals surface area contributed by atoms with Gasteiger partial charge in [0.05, 0.1) is 18.8 Å². The third kappa shape index (κ3) is 1.60. The molecule has 0 aliphatic carbocycles. The van der Waals surface area contributed by atoms with Crippen LogP contribution in [0, 0.1) is 0 Å². The van der Waals surface area contributed by atoms with Gasteiger partial charge in [0.2, 0.25) is 0 Å². The van der Waals surface area contributed by atoms with Crippen LogP contribution in [-0.4, -0.2) is 28.0 Å². The molecule has 1 fully saturated rings. The Hall–Kier alpha value is -0.580. The van der Waals surface area contributed by atoms with Gasteiger partial charge in [0.25, 0.3) is 0 Å². The van der Waals surface area contributed by atoms with Gasteiger partial charge < -0.3 is 10.4 Å².